The lowest BCUT2D eigenvalue weighted by molar-refractivity contribution is 0.0973. The lowest BCUT2D eigenvalue weighted by Crippen LogP contribution is -2.31. The van der Waals surface area contributed by atoms with E-state index in [0.29, 0.717) is 30.2 Å². The van der Waals surface area contributed by atoms with Crippen LogP contribution in [0.2, 0.25) is 10.0 Å². The molecule has 0 spiro atoms. The molecule has 166 valence electrons. The van der Waals surface area contributed by atoms with Crippen LogP contribution in [0.3, 0.4) is 0 Å². The molecule has 0 unspecified atom stereocenters. The first kappa shape index (κ1) is 23.4. The van der Waals surface area contributed by atoms with Gasteiger partial charge in [0.25, 0.3) is 5.91 Å². The van der Waals surface area contributed by atoms with Crippen molar-refractivity contribution in [2.75, 3.05) is 12.9 Å². The number of aryl methyl sites for hydroxylation is 4. The molecule has 1 amide bonds. The number of amides is 1. The van der Waals surface area contributed by atoms with Crippen molar-refractivity contribution in [1.82, 2.24) is 9.29 Å². The van der Waals surface area contributed by atoms with E-state index in [-0.39, 0.29) is 0 Å². The molecule has 0 aliphatic rings. The van der Waals surface area contributed by atoms with Gasteiger partial charge < -0.3 is 9.30 Å². The highest BCUT2D eigenvalue weighted by Crippen LogP contribution is 2.30. The van der Waals surface area contributed by atoms with Crippen LogP contribution in [0.1, 0.15) is 33.6 Å². The Morgan fingerprint density at radius 1 is 1.13 bits per heavy atom. The van der Waals surface area contributed by atoms with Crippen molar-refractivity contribution in [3.8, 4) is 5.75 Å². The molecule has 0 saturated heterocycles. The SMILES string of the molecule is Cc1cc(OCCCc2c(C(=O)NS(C)(=O)=O)n(C)c3cc(Cl)ccc23)cc(C)c1Cl. The third-order valence-electron chi connectivity index (χ3n) is 5.01. The maximum atomic E-state index is 12.7. The van der Waals surface area contributed by atoms with Crippen LogP contribution >= 0.6 is 23.2 Å². The molecule has 3 aromatic rings. The van der Waals surface area contributed by atoms with Crippen LogP contribution in [-0.4, -0.2) is 31.8 Å². The van der Waals surface area contributed by atoms with Crippen molar-refractivity contribution in [2.24, 2.45) is 7.05 Å². The Hall–Kier alpha value is -2.22. The van der Waals surface area contributed by atoms with E-state index in [2.05, 4.69) is 4.72 Å². The standard InChI is InChI=1S/C22H24Cl2N2O4S/c1-13-10-16(11-14(2)20(13)24)30-9-5-6-18-17-8-7-15(23)12-19(17)26(3)21(18)22(27)25-31(4,28)29/h7-8,10-12H,5-6,9H2,1-4H3,(H,25,27). The first-order valence-corrected chi connectivity index (χ1v) is 12.3. The van der Waals surface area contributed by atoms with Gasteiger partial charge in [-0.05, 0) is 67.6 Å². The summed E-state index contributed by atoms with van der Waals surface area (Å²) in [4.78, 5) is 12.7. The molecule has 0 radical (unpaired) electrons. The molecule has 2 aromatic carbocycles. The van der Waals surface area contributed by atoms with E-state index in [4.69, 9.17) is 27.9 Å². The monoisotopic (exact) mass is 482 g/mol. The van der Waals surface area contributed by atoms with Gasteiger partial charge in [-0.15, -0.1) is 0 Å². The smallest absolute Gasteiger partial charge is 0.281 e. The highest BCUT2D eigenvalue weighted by atomic mass is 35.5. The number of halogens is 2. The van der Waals surface area contributed by atoms with Crippen molar-refractivity contribution in [1.29, 1.82) is 0 Å². The molecule has 0 bridgehead atoms. The normalized spacial score (nSPS) is 11.7. The molecule has 1 heterocycles. The largest absolute Gasteiger partial charge is 0.494 e. The summed E-state index contributed by atoms with van der Waals surface area (Å²) in [5.74, 6) is 0.0661. The number of aromatic nitrogens is 1. The third-order valence-corrected chi connectivity index (χ3v) is 6.40. The summed E-state index contributed by atoms with van der Waals surface area (Å²) in [6.45, 7) is 4.28. The average Bonchev–Trinajstić information content (AvgIpc) is 2.93. The van der Waals surface area contributed by atoms with Gasteiger partial charge in [0.05, 0.1) is 18.4 Å². The zero-order chi connectivity index (χ0) is 22.9. The number of fused-ring (bicyclic) bond motifs is 1. The molecular weight excluding hydrogens is 459 g/mol. The average molecular weight is 483 g/mol. The second-order valence-corrected chi connectivity index (χ2v) is 10.1. The highest BCUT2D eigenvalue weighted by molar-refractivity contribution is 7.89. The van der Waals surface area contributed by atoms with Gasteiger partial charge in [0.15, 0.2) is 0 Å². The predicted molar refractivity (Wildman–Crippen MR) is 125 cm³/mol. The van der Waals surface area contributed by atoms with Crippen molar-refractivity contribution in [2.45, 2.75) is 26.7 Å². The summed E-state index contributed by atoms with van der Waals surface area (Å²) in [5.41, 5.74) is 3.69. The number of hydrogen-bond donors (Lipinski definition) is 1. The molecular formula is C22H24Cl2N2O4S. The number of carbonyl (C=O) groups excluding carboxylic acids is 1. The van der Waals surface area contributed by atoms with E-state index < -0.39 is 15.9 Å². The molecule has 0 aliphatic heterocycles. The summed E-state index contributed by atoms with van der Waals surface area (Å²) in [6.07, 6.45) is 2.10. The van der Waals surface area contributed by atoms with Crippen LogP contribution in [0.5, 0.6) is 5.75 Å². The molecule has 1 aromatic heterocycles. The lowest BCUT2D eigenvalue weighted by Gasteiger charge is -2.11. The van der Waals surface area contributed by atoms with Crippen LogP contribution < -0.4 is 9.46 Å². The zero-order valence-electron chi connectivity index (χ0n) is 17.8. The Kier molecular flexibility index (Phi) is 6.88. The number of sulfonamides is 1. The maximum Gasteiger partial charge on any atom is 0.281 e. The molecule has 9 heteroatoms. The number of rotatable bonds is 7. The van der Waals surface area contributed by atoms with Crippen molar-refractivity contribution in [3.05, 3.63) is 62.8 Å². The van der Waals surface area contributed by atoms with E-state index in [1.54, 1.807) is 23.7 Å². The number of hydrogen-bond acceptors (Lipinski definition) is 4. The lowest BCUT2D eigenvalue weighted by atomic mass is 10.1. The van der Waals surface area contributed by atoms with Gasteiger partial charge in [0, 0.05) is 22.5 Å². The third kappa shape index (κ3) is 5.34. The predicted octanol–water partition coefficient (Wildman–Crippen LogP) is 4.80. The fourth-order valence-corrected chi connectivity index (χ4v) is 4.38. The van der Waals surface area contributed by atoms with E-state index in [1.165, 1.54) is 0 Å². The number of nitrogens with zero attached hydrogens (tertiary/aromatic N) is 1. The number of benzene rings is 2. The molecule has 6 nitrogen and oxygen atoms in total. The molecule has 1 N–H and O–H groups in total. The molecule has 31 heavy (non-hydrogen) atoms. The van der Waals surface area contributed by atoms with Gasteiger partial charge in [0.2, 0.25) is 10.0 Å². The van der Waals surface area contributed by atoms with E-state index >= 15 is 0 Å². The molecule has 0 saturated carbocycles. The maximum absolute atomic E-state index is 12.7. The molecule has 3 rings (SSSR count). The van der Waals surface area contributed by atoms with Crippen molar-refractivity contribution in [3.63, 3.8) is 0 Å². The van der Waals surface area contributed by atoms with Gasteiger partial charge in [-0.1, -0.05) is 29.3 Å². The minimum atomic E-state index is -3.70. The Balaban J connectivity index is 1.85. The Morgan fingerprint density at radius 3 is 2.39 bits per heavy atom. The fraction of sp³-hybridized carbons (Fsp3) is 0.318. The second kappa shape index (κ2) is 9.10. The Labute approximate surface area is 192 Å². The topological polar surface area (TPSA) is 77.4 Å². The van der Waals surface area contributed by atoms with Crippen molar-refractivity contribution >= 4 is 50.0 Å². The summed E-state index contributed by atoms with van der Waals surface area (Å²) in [5, 5.41) is 2.11. The second-order valence-electron chi connectivity index (χ2n) is 7.57. The first-order valence-electron chi connectivity index (χ1n) is 9.66. The van der Waals surface area contributed by atoms with Gasteiger partial charge in [-0.25, -0.2) is 13.1 Å². The van der Waals surface area contributed by atoms with Gasteiger partial charge in [-0.2, -0.15) is 0 Å². The summed E-state index contributed by atoms with van der Waals surface area (Å²) >= 11 is 12.3. The highest BCUT2D eigenvalue weighted by Gasteiger charge is 2.23. The first-order chi connectivity index (χ1) is 14.5. The van der Waals surface area contributed by atoms with Crippen LogP contribution in [0.15, 0.2) is 30.3 Å². The molecule has 0 atom stereocenters. The fourth-order valence-electron chi connectivity index (χ4n) is 3.68. The van der Waals surface area contributed by atoms with Crippen molar-refractivity contribution < 1.29 is 17.9 Å². The molecule has 0 fully saturated rings. The Morgan fingerprint density at radius 2 is 1.77 bits per heavy atom. The van der Waals surface area contributed by atoms with Gasteiger partial charge in [-0.3, -0.25) is 4.79 Å². The van der Waals surface area contributed by atoms with Gasteiger partial charge in [0.1, 0.15) is 11.4 Å². The van der Waals surface area contributed by atoms with Crippen LogP contribution in [0, 0.1) is 13.8 Å². The number of nitrogens with one attached hydrogen (secondary N) is 1. The molecule has 0 aliphatic carbocycles. The summed E-state index contributed by atoms with van der Waals surface area (Å²) in [6, 6.07) is 9.13. The quantitative estimate of drug-likeness (QED) is 0.490. The zero-order valence-corrected chi connectivity index (χ0v) is 20.1. The Bertz CT molecular complexity index is 1240. The van der Waals surface area contributed by atoms with Crippen LogP contribution in [0.4, 0.5) is 0 Å². The van der Waals surface area contributed by atoms with E-state index in [9.17, 15) is 13.2 Å². The van der Waals surface area contributed by atoms with Gasteiger partial charge >= 0.3 is 0 Å². The number of carbonyl (C=O) groups is 1. The minimum Gasteiger partial charge on any atom is -0.494 e. The number of ether oxygens (including phenoxy) is 1. The van der Waals surface area contributed by atoms with E-state index in [1.807, 2.05) is 32.0 Å². The van der Waals surface area contributed by atoms with E-state index in [0.717, 1.165) is 44.6 Å². The van der Waals surface area contributed by atoms with Crippen LogP contribution in [-0.2, 0) is 23.5 Å². The van der Waals surface area contributed by atoms with Crippen LogP contribution in [0.25, 0.3) is 10.9 Å². The summed E-state index contributed by atoms with van der Waals surface area (Å²) in [7, 11) is -1.98. The summed E-state index contributed by atoms with van der Waals surface area (Å²) < 4.78 is 32.8. The minimum absolute atomic E-state index is 0.292.